The number of amides is 1. The van der Waals surface area contributed by atoms with Gasteiger partial charge in [0.2, 0.25) is 5.91 Å². The lowest BCUT2D eigenvalue weighted by Crippen LogP contribution is -2.48. The van der Waals surface area contributed by atoms with E-state index in [0.717, 1.165) is 37.2 Å². The minimum absolute atomic E-state index is 0.0733. The summed E-state index contributed by atoms with van der Waals surface area (Å²) in [5, 5.41) is 0. The normalized spacial score (nSPS) is 16.2. The second kappa shape index (κ2) is 8.67. The highest BCUT2D eigenvalue weighted by Gasteiger charge is 2.22. The van der Waals surface area contributed by atoms with Crippen molar-refractivity contribution in [2.24, 2.45) is 0 Å². The van der Waals surface area contributed by atoms with E-state index < -0.39 is 9.84 Å². The third-order valence-corrected chi connectivity index (χ3v) is 5.09. The highest BCUT2D eigenvalue weighted by Crippen LogP contribution is 2.21. The van der Waals surface area contributed by atoms with Gasteiger partial charge in [-0.05, 0) is 19.9 Å². The molecule has 1 aliphatic heterocycles. The van der Waals surface area contributed by atoms with Crippen LogP contribution in [-0.4, -0.2) is 68.4 Å². The van der Waals surface area contributed by atoms with Crippen LogP contribution in [0.15, 0.2) is 24.3 Å². The van der Waals surface area contributed by atoms with Crippen LogP contribution in [0.25, 0.3) is 0 Å². The SMILES string of the molecule is CC(C)Oc1ccccc1CN1CCN(C(=O)CCS(C)(=O)=O)CC1. The molecule has 0 unspecified atom stereocenters. The number of rotatable bonds is 7. The molecule has 0 bridgehead atoms. The molecule has 6 nitrogen and oxygen atoms in total. The Bertz CT molecular complexity index is 680. The van der Waals surface area contributed by atoms with Crippen molar-refractivity contribution in [1.82, 2.24) is 9.80 Å². The van der Waals surface area contributed by atoms with Gasteiger partial charge >= 0.3 is 0 Å². The third kappa shape index (κ3) is 6.66. The van der Waals surface area contributed by atoms with E-state index in [4.69, 9.17) is 4.74 Å². The quantitative estimate of drug-likeness (QED) is 0.731. The topological polar surface area (TPSA) is 66.9 Å². The molecule has 1 aromatic rings. The first kappa shape index (κ1) is 19.7. The minimum atomic E-state index is -3.10. The highest BCUT2D eigenvalue weighted by atomic mass is 32.2. The summed E-state index contributed by atoms with van der Waals surface area (Å²) < 4.78 is 28.2. The number of nitrogens with zero attached hydrogens (tertiary/aromatic N) is 2. The first-order chi connectivity index (χ1) is 11.7. The van der Waals surface area contributed by atoms with Gasteiger partial charge in [0.15, 0.2) is 0 Å². The summed E-state index contributed by atoms with van der Waals surface area (Å²) in [6.45, 7) is 7.64. The Kier molecular flexibility index (Phi) is 6.84. The van der Waals surface area contributed by atoms with Crippen molar-refractivity contribution in [2.75, 3.05) is 38.2 Å². The van der Waals surface area contributed by atoms with Crippen LogP contribution in [0.5, 0.6) is 5.75 Å². The molecule has 1 amide bonds. The van der Waals surface area contributed by atoms with Gasteiger partial charge < -0.3 is 9.64 Å². The van der Waals surface area contributed by atoms with E-state index in [1.165, 1.54) is 0 Å². The number of benzene rings is 1. The molecular weight excluding hydrogens is 340 g/mol. The molecule has 0 radical (unpaired) electrons. The molecule has 1 aliphatic rings. The molecule has 0 saturated carbocycles. The first-order valence-electron chi connectivity index (χ1n) is 8.67. The maximum absolute atomic E-state index is 12.1. The summed E-state index contributed by atoms with van der Waals surface area (Å²) >= 11 is 0. The smallest absolute Gasteiger partial charge is 0.223 e. The van der Waals surface area contributed by atoms with Gasteiger partial charge in [0.25, 0.3) is 0 Å². The molecule has 25 heavy (non-hydrogen) atoms. The van der Waals surface area contributed by atoms with Gasteiger partial charge in [-0.15, -0.1) is 0 Å². The van der Waals surface area contributed by atoms with E-state index in [-0.39, 0.29) is 24.2 Å². The van der Waals surface area contributed by atoms with Gasteiger partial charge in [-0.2, -0.15) is 0 Å². The zero-order chi connectivity index (χ0) is 18.4. The van der Waals surface area contributed by atoms with Crippen molar-refractivity contribution < 1.29 is 17.9 Å². The highest BCUT2D eigenvalue weighted by molar-refractivity contribution is 7.90. The van der Waals surface area contributed by atoms with Crippen molar-refractivity contribution >= 4 is 15.7 Å². The predicted molar refractivity (Wildman–Crippen MR) is 98.4 cm³/mol. The maximum Gasteiger partial charge on any atom is 0.223 e. The van der Waals surface area contributed by atoms with Crippen LogP contribution in [0.3, 0.4) is 0 Å². The van der Waals surface area contributed by atoms with Crippen molar-refractivity contribution in [3.05, 3.63) is 29.8 Å². The lowest BCUT2D eigenvalue weighted by Gasteiger charge is -2.35. The molecule has 140 valence electrons. The standard InChI is InChI=1S/C18H28N2O4S/c1-15(2)24-17-7-5-4-6-16(17)14-19-9-11-20(12-10-19)18(21)8-13-25(3,22)23/h4-7,15H,8-14H2,1-3H3. The Labute approximate surface area is 150 Å². The monoisotopic (exact) mass is 368 g/mol. The van der Waals surface area contributed by atoms with E-state index >= 15 is 0 Å². The van der Waals surface area contributed by atoms with E-state index in [9.17, 15) is 13.2 Å². The average Bonchev–Trinajstić information content (AvgIpc) is 2.54. The number of sulfone groups is 1. The van der Waals surface area contributed by atoms with Crippen LogP contribution in [0.4, 0.5) is 0 Å². The number of hydrogen-bond acceptors (Lipinski definition) is 5. The number of hydrogen-bond donors (Lipinski definition) is 0. The van der Waals surface area contributed by atoms with Crippen LogP contribution >= 0.6 is 0 Å². The first-order valence-corrected chi connectivity index (χ1v) is 10.7. The van der Waals surface area contributed by atoms with Gasteiger partial charge in [-0.3, -0.25) is 9.69 Å². The van der Waals surface area contributed by atoms with Crippen LogP contribution in [0.1, 0.15) is 25.8 Å². The van der Waals surface area contributed by atoms with Crippen LogP contribution < -0.4 is 4.74 Å². The molecule has 0 aliphatic carbocycles. The summed E-state index contributed by atoms with van der Waals surface area (Å²) in [7, 11) is -3.10. The molecule has 1 fully saturated rings. The molecule has 2 rings (SSSR count). The summed E-state index contributed by atoms with van der Waals surface area (Å²) in [5.41, 5.74) is 1.15. The molecule has 1 heterocycles. The molecule has 0 aromatic heterocycles. The van der Waals surface area contributed by atoms with E-state index in [1.54, 1.807) is 4.90 Å². The van der Waals surface area contributed by atoms with Gasteiger partial charge in [-0.1, -0.05) is 18.2 Å². The minimum Gasteiger partial charge on any atom is -0.491 e. The lowest BCUT2D eigenvalue weighted by molar-refractivity contribution is -0.132. The molecule has 1 aromatic carbocycles. The molecular formula is C18H28N2O4S. The number of piperazine rings is 1. The lowest BCUT2D eigenvalue weighted by atomic mass is 10.1. The van der Waals surface area contributed by atoms with E-state index in [0.29, 0.717) is 13.1 Å². The fourth-order valence-corrected chi connectivity index (χ4v) is 3.38. The fourth-order valence-electron chi connectivity index (χ4n) is 2.83. The van der Waals surface area contributed by atoms with Crippen molar-refractivity contribution in [3.63, 3.8) is 0 Å². The second-order valence-electron chi connectivity index (χ2n) is 6.81. The maximum atomic E-state index is 12.1. The Balaban J connectivity index is 1.86. The third-order valence-electron chi connectivity index (χ3n) is 4.14. The molecule has 0 spiro atoms. The Morgan fingerprint density at radius 2 is 1.80 bits per heavy atom. The number of carbonyl (C=O) groups excluding carboxylic acids is 1. The predicted octanol–water partition coefficient (Wildman–Crippen LogP) is 1.55. The van der Waals surface area contributed by atoms with Crippen molar-refractivity contribution in [2.45, 2.75) is 32.9 Å². The molecule has 1 saturated heterocycles. The van der Waals surface area contributed by atoms with Gasteiger partial charge in [0.05, 0.1) is 11.9 Å². The fraction of sp³-hybridized carbons (Fsp3) is 0.611. The van der Waals surface area contributed by atoms with E-state index in [1.807, 2.05) is 32.0 Å². The van der Waals surface area contributed by atoms with Crippen molar-refractivity contribution in [3.8, 4) is 5.75 Å². The Morgan fingerprint density at radius 3 is 2.40 bits per heavy atom. The number of para-hydroxylation sites is 1. The largest absolute Gasteiger partial charge is 0.491 e. The van der Waals surface area contributed by atoms with Gasteiger partial charge in [0.1, 0.15) is 15.6 Å². The average molecular weight is 368 g/mol. The summed E-state index contributed by atoms with van der Waals surface area (Å²) in [6, 6.07) is 8.04. The summed E-state index contributed by atoms with van der Waals surface area (Å²) in [5.74, 6) is 0.754. The summed E-state index contributed by atoms with van der Waals surface area (Å²) in [6.07, 6.45) is 1.36. The van der Waals surface area contributed by atoms with Crippen LogP contribution in [0, 0.1) is 0 Å². The zero-order valence-corrected chi connectivity index (χ0v) is 16.1. The van der Waals surface area contributed by atoms with Gasteiger partial charge in [-0.25, -0.2) is 8.42 Å². The molecule has 0 atom stereocenters. The zero-order valence-electron chi connectivity index (χ0n) is 15.3. The molecule has 0 N–H and O–H groups in total. The molecule has 7 heteroatoms. The number of ether oxygens (including phenoxy) is 1. The summed E-state index contributed by atoms with van der Waals surface area (Å²) in [4.78, 5) is 16.2. The Hall–Kier alpha value is -1.60. The second-order valence-corrected chi connectivity index (χ2v) is 9.07. The Morgan fingerprint density at radius 1 is 1.16 bits per heavy atom. The van der Waals surface area contributed by atoms with Gasteiger partial charge in [0, 0.05) is 51.0 Å². The van der Waals surface area contributed by atoms with Crippen LogP contribution in [-0.2, 0) is 21.2 Å². The van der Waals surface area contributed by atoms with E-state index in [2.05, 4.69) is 11.0 Å². The van der Waals surface area contributed by atoms with Crippen LogP contribution in [0.2, 0.25) is 0 Å². The number of carbonyl (C=O) groups is 1. The van der Waals surface area contributed by atoms with Crippen molar-refractivity contribution in [1.29, 1.82) is 0 Å².